The summed E-state index contributed by atoms with van der Waals surface area (Å²) in [7, 11) is 0. The molecule has 0 spiro atoms. The van der Waals surface area contributed by atoms with Gasteiger partial charge in [0.05, 0.1) is 22.8 Å². The molecule has 4 aromatic heterocycles. The molecule has 0 bridgehead atoms. The summed E-state index contributed by atoms with van der Waals surface area (Å²) in [4.78, 5) is 20.3. The van der Waals surface area contributed by atoms with Gasteiger partial charge in [0.25, 0.3) is 0 Å². The first-order valence-electron chi connectivity index (χ1n) is 11.3. The van der Waals surface area contributed by atoms with E-state index >= 15 is 0 Å². The van der Waals surface area contributed by atoms with E-state index in [1.165, 1.54) is 5.56 Å². The summed E-state index contributed by atoms with van der Waals surface area (Å²) in [5, 5.41) is 0. The van der Waals surface area contributed by atoms with Gasteiger partial charge in [-0.3, -0.25) is 24.8 Å². The van der Waals surface area contributed by atoms with E-state index in [9.17, 15) is 0 Å². The number of pyridine rings is 4. The van der Waals surface area contributed by atoms with E-state index in [-0.39, 0.29) is 0 Å². The third-order valence-corrected chi connectivity index (χ3v) is 5.60. The lowest BCUT2D eigenvalue weighted by Crippen LogP contribution is -2.23. The minimum absolute atomic E-state index is 0.761. The number of aromatic nitrogens is 4. The van der Waals surface area contributed by atoms with Crippen molar-refractivity contribution in [2.24, 2.45) is 0 Å². The Morgan fingerprint density at radius 2 is 1.09 bits per heavy atom. The van der Waals surface area contributed by atoms with Gasteiger partial charge in [-0.05, 0) is 65.2 Å². The predicted molar refractivity (Wildman–Crippen MR) is 134 cm³/mol. The normalized spacial score (nSPS) is 11.0. The molecule has 1 aromatic carbocycles. The van der Waals surface area contributed by atoms with E-state index in [1.54, 1.807) is 6.20 Å². The first kappa shape index (κ1) is 21.6. The van der Waals surface area contributed by atoms with Crippen LogP contribution in [0.15, 0.2) is 116 Å². The van der Waals surface area contributed by atoms with E-state index in [4.69, 9.17) is 0 Å². The van der Waals surface area contributed by atoms with Gasteiger partial charge in [-0.2, -0.15) is 0 Å². The molecule has 0 aliphatic rings. The topological polar surface area (TPSA) is 54.8 Å². The highest BCUT2D eigenvalue weighted by Gasteiger charge is 2.11. The predicted octanol–water partition coefficient (Wildman–Crippen LogP) is 5.80. The van der Waals surface area contributed by atoms with Gasteiger partial charge in [0.1, 0.15) is 0 Å². The fourth-order valence-corrected chi connectivity index (χ4v) is 3.93. The van der Waals surface area contributed by atoms with Crippen molar-refractivity contribution in [1.82, 2.24) is 24.8 Å². The van der Waals surface area contributed by atoms with Crippen LogP contribution >= 0.6 is 0 Å². The Kier molecular flexibility index (Phi) is 6.74. The summed E-state index contributed by atoms with van der Waals surface area (Å²) in [6, 6.07) is 30.8. The van der Waals surface area contributed by atoms with Crippen LogP contribution in [-0.2, 0) is 19.6 Å². The monoisotopic (exact) mass is 443 g/mol. The minimum atomic E-state index is 0.761. The summed E-state index contributed by atoms with van der Waals surface area (Å²) in [5.74, 6) is 0. The van der Waals surface area contributed by atoms with Crippen molar-refractivity contribution >= 4 is 0 Å². The van der Waals surface area contributed by atoms with Crippen LogP contribution in [0, 0.1) is 0 Å². The molecule has 0 aliphatic heterocycles. The number of rotatable bonds is 8. The van der Waals surface area contributed by atoms with Gasteiger partial charge in [-0.25, -0.2) is 0 Å². The van der Waals surface area contributed by atoms with E-state index in [0.717, 1.165) is 53.5 Å². The van der Waals surface area contributed by atoms with Gasteiger partial charge in [0, 0.05) is 44.4 Å². The molecule has 4 heterocycles. The number of hydrogen-bond acceptors (Lipinski definition) is 5. The first-order chi connectivity index (χ1) is 16.8. The van der Waals surface area contributed by atoms with E-state index in [2.05, 4.69) is 67.3 Å². The van der Waals surface area contributed by atoms with Crippen LogP contribution in [0.2, 0.25) is 0 Å². The average molecular weight is 444 g/mol. The van der Waals surface area contributed by atoms with Crippen molar-refractivity contribution in [3.63, 3.8) is 0 Å². The van der Waals surface area contributed by atoms with Crippen LogP contribution < -0.4 is 0 Å². The SMILES string of the molecule is c1ccc(CN(Cc2ccc(-c3ccnc(-c4ccccn4)c3)cc2)Cc2ccccn2)nc1. The first-order valence-corrected chi connectivity index (χ1v) is 11.3. The van der Waals surface area contributed by atoms with Crippen LogP contribution in [0.5, 0.6) is 0 Å². The molecule has 0 unspecified atom stereocenters. The van der Waals surface area contributed by atoms with Crippen molar-refractivity contribution in [2.45, 2.75) is 19.6 Å². The number of benzene rings is 1. The molecule has 0 saturated heterocycles. The molecule has 5 rings (SSSR count). The lowest BCUT2D eigenvalue weighted by Gasteiger charge is -2.22. The molecule has 166 valence electrons. The molecule has 0 amide bonds. The van der Waals surface area contributed by atoms with Gasteiger partial charge < -0.3 is 0 Å². The van der Waals surface area contributed by atoms with Crippen molar-refractivity contribution in [3.8, 4) is 22.5 Å². The highest BCUT2D eigenvalue weighted by atomic mass is 15.1. The summed E-state index contributed by atoms with van der Waals surface area (Å²) < 4.78 is 0. The Balaban J connectivity index is 1.34. The molecule has 0 aliphatic carbocycles. The Labute approximate surface area is 199 Å². The lowest BCUT2D eigenvalue weighted by molar-refractivity contribution is 0.242. The Morgan fingerprint density at radius 1 is 0.471 bits per heavy atom. The van der Waals surface area contributed by atoms with Gasteiger partial charge in [-0.1, -0.05) is 42.5 Å². The molecular weight excluding hydrogens is 418 g/mol. The third-order valence-electron chi connectivity index (χ3n) is 5.60. The molecule has 0 fully saturated rings. The van der Waals surface area contributed by atoms with E-state index in [1.807, 2.05) is 67.1 Å². The molecular formula is C29H25N5. The molecule has 5 aromatic rings. The fourth-order valence-electron chi connectivity index (χ4n) is 3.93. The Bertz CT molecular complexity index is 1270. The second kappa shape index (κ2) is 10.6. The van der Waals surface area contributed by atoms with E-state index in [0.29, 0.717) is 0 Å². The maximum Gasteiger partial charge on any atom is 0.0892 e. The van der Waals surface area contributed by atoms with Gasteiger partial charge in [0.15, 0.2) is 0 Å². The van der Waals surface area contributed by atoms with Crippen LogP contribution in [0.25, 0.3) is 22.5 Å². The second-order valence-corrected chi connectivity index (χ2v) is 8.13. The number of hydrogen-bond donors (Lipinski definition) is 0. The minimum Gasteiger partial charge on any atom is -0.287 e. The standard InChI is InChI=1S/C29H25N5/c1-4-15-30-26(7-1)21-34(22-27-8-2-5-16-31-27)20-23-10-12-24(13-11-23)25-14-18-33-29(19-25)28-9-3-6-17-32-28/h1-19H,20-22H2. The fraction of sp³-hybridized carbons (Fsp3) is 0.103. The van der Waals surface area contributed by atoms with Gasteiger partial charge in [0.2, 0.25) is 0 Å². The molecule has 0 atom stereocenters. The smallest absolute Gasteiger partial charge is 0.0892 e. The van der Waals surface area contributed by atoms with Crippen LogP contribution in [0.3, 0.4) is 0 Å². The maximum atomic E-state index is 4.52. The highest BCUT2D eigenvalue weighted by molar-refractivity contribution is 5.69. The Hall–Kier alpha value is -4.22. The second-order valence-electron chi connectivity index (χ2n) is 8.13. The highest BCUT2D eigenvalue weighted by Crippen LogP contribution is 2.24. The number of nitrogens with zero attached hydrogens (tertiary/aromatic N) is 5. The molecule has 0 N–H and O–H groups in total. The van der Waals surface area contributed by atoms with Crippen molar-refractivity contribution in [1.29, 1.82) is 0 Å². The molecule has 0 saturated carbocycles. The summed E-state index contributed by atoms with van der Waals surface area (Å²) >= 11 is 0. The van der Waals surface area contributed by atoms with Crippen LogP contribution in [0.1, 0.15) is 17.0 Å². The molecule has 34 heavy (non-hydrogen) atoms. The summed E-state index contributed by atoms with van der Waals surface area (Å²) in [6.45, 7) is 2.33. The quantitative estimate of drug-likeness (QED) is 0.303. The van der Waals surface area contributed by atoms with Crippen LogP contribution in [-0.4, -0.2) is 24.8 Å². The summed E-state index contributed by atoms with van der Waals surface area (Å²) in [5.41, 5.74) is 7.38. The zero-order valence-corrected chi connectivity index (χ0v) is 18.8. The van der Waals surface area contributed by atoms with Gasteiger partial charge >= 0.3 is 0 Å². The molecule has 5 heteroatoms. The van der Waals surface area contributed by atoms with Crippen molar-refractivity contribution < 1.29 is 0 Å². The molecule has 0 radical (unpaired) electrons. The maximum absolute atomic E-state index is 4.52. The largest absolute Gasteiger partial charge is 0.287 e. The third kappa shape index (κ3) is 5.57. The lowest BCUT2D eigenvalue weighted by atomic mass is 10.0. The van der Waals surface area contributed by atoms with Gasteiger partial charge in [-0.15, -0.1) is 0 Å². The summed E-state index contributed by atoms with van der Waals surface area (Å²) in [6.07, 6.45) is 7.32. The van der Waals surface area contributed by atoms with Crippen molar-refractivity contribution in [2.75, 3.05) is 0 Å². The average Bonchev–Trinajstić information content (AvgIpc) is 2.91. The molecule has 5 nitrogen and oxygen atoms in total. The van der Waals surface area contributed by atoms with E-state index < -0.39 is 0 Å². The van der Waals surface area contributed by atoms with Crippen molar-refractivity contribution in [3.05, 3.63) is 133 Å². The Morgan fingerprint density at radius 3 is 1.68 bits per heavy atom. The zero-order chi connectivity index (χ0) is 23.0. The zero-order valence-electron chi connectivity index (χ0n) is 18.8. The van der Waals surface area contributed by atoms with Crippen LogP contribution in [0.4, 0.5) is 0 Å².